The molecule has 3 aromatic rings. The molecule has 7 heteroatoms. The van der Waals surface area contributed by atoms with Crippen molar-refractivity contribution in [2.75, 3.05) is 0 Å². The molecule has 22 heavy (non-hydrogen) atoms. The fraction of sp³-hybridized carbons (Fsp3) is 0.0667. The molecule has 110 valence electrons. The number of hydrogen-bond acceptors (Lipinski definition) is 5. The van der Waals surface area contributed by atoms with E-state index in [2.05, 4.69) is 19.9 Å². The van der Waals surface area contributed by atoms with Gasteiger partial charge in [0, 0.05) is 16.8 Å². The number of carbonyl (C=O) groups is 1. The average molecular weight is 331 g/mol. The van der Waals surface area contributed by atoms with Crippen molar-refractivity contribution in [2.24, 2.45) is 0 Å². The molecular weight excluding hydrogens is 320 g/mol. The second kappa shape index (κ2) is 6.64. The first kappa shape index (κ1) is 14.6. The van der Waals surface area contributed by atoms with E-state index in [0.717, 1.165) is 22.8 Å². The van der Waals surface area contributed by atoms with E-state index in [1.807, 2.05) is 30.3 Å². The summed E-state index contributed by atoms with van der Waals surface area (Å²) in [5, 5.41) is 7.50. The minimum absolute atomic E-state index is 0.217. The summed E-state index contributed by atoms with van der Waals surface area (Å²) in [6.45, 7) is 0.359. The summed E-state index contributed by atoms with van der Waals surface area (Å²) < 4.78 is 3.88. The molecule has 2 aromatic heterocycles. The van der Waals surface area contributed by atoms with Gasteiger partial charge in [-0.2, -0.15) is 0 Å². The first-order chi connectivity index (χ1) is 10.7. The largest absolute Gasteiger partial charge is 0.346 e. The van der Waals surface area contributed by atoms with E-state index in [-0.39, 0.29) is 5.91 Å². The van der Waals surface area contributed by atoms with Gasteiger partial charge < -0.3 is 5.32 Å². The third-order valence-corrected chi connectivity index (χ3v) is 3.94. The molecule has 5 nitrogen and oxygen atoms in total. The maximum Gasteiger partial charge on any atom is 0.265 e. The number of nitrogens with zero attached hydrogens (tertiary/aromatic N) is 3. The van der Waals surface area contributed by atoms with Gasteiger partial charge in [0.1, 0.15) is 10.6 Å². The Hall–Kier alpha value is -2.31. The van der Waals surface area contributed by atoms with Crippen LogP contribution in [0, 0.1) is 0 Å². The van der Waals surface area contributed by atoms with Gasteiger partial charge in [0.15, 0.2) is 0 Å². The molecule has 0 spiro atoms. The number of amides is 1. The van der Waals surface area contributed by atoms with Crippen LogP contribution in [0.1, 0.15) is 15.4 Å². The van der Waals surface area contributed by atoms with E-state index in [4.69, 9.17) is 11.6 Å². The quantitative estimate of drug-likeness (QED) is 0.797. The molecule has 0 bridgehead atoms. The Balaban J connectivity index is 1.76. The molecule has 2 heterocycles. The molecule has 0 aliphatic carbocycles. The first-order valence-electron chi connectivity index (χ1n) is 6.50. The predicted molar refractivity (Wildman–Crippen MR) is 85.8 cm³/mol. The van der Waals surface area contributed by atoms with Crippen LogP contribution in [0.4, 0.5) is 0 Å². The molecular formula is C15H11ClN4OS. The Labute approximate surface area is 136 Å². The Bertz CT molecular complexity index is 774. The van der Waals surface area contributed by atoms with Crippen LogP contribution in [0.2, 0.25) is 5.02 Å². The number of halogens is 1. The van der Waals surface area contributed by atoms with Crippen LogP contribution in [0.15, 0.2) is 48.7 Å². The van der Waals surface area contributed by atoms with E-state index >= 15 is 0 Å². The SMILES string of the molecule is O=C(NCc1ccccn1)c1snnc1-c1ccc(Cl)cc1. The molecule has 0 aliphatic rings. The molecule has 0 saturated carbocycles. The molecule has 0 fully saturated rings. The minimum atomic E-state index is -0.217. The third-order valence-electron chi connectivity index (χ3n) is 2.97. The number of carbonyl (C=O) groups excluding carboxylic acids is 1. The number of rotatable bonds is 4. The molecule has 0 unspecified atom stereocenters. The minimum Gasteiger partial charge on any atom is -0.346 e. The molecule has 0 saturated heterocycles. The van der Waals surface area contributed by atoms with Gasteiger partial charge in [0.25, 0.3) is 5.91 Å². The fourth-order valence-corrected chi connectivity index (χ4v) is 2.62. The lowest BCUT2D eigenvalue weighted by molar-refractivity contribution is 0.0955. The lowest BCUT2D eigenvalue weighted by Crippen LogP contribution is -2.22. The summed E-state index contributed by atoms with van der Waals surface area (Å²) in [7, 11) is 0. The summed E-state index contributed by atoms with van der Waals surface area (Å²) in [5.74, 6) is -0.217. The van der Waals surface area contributed by atoms with Crippen LogP contribution < -0.4 is 5.32 Å². The molecule has 1 aromatic carbocycles. The van der Waals surface area contributed by atoms with Crippen LogP contribution in [-0.4, -0.2) is 20.5 Å². The standard InChI is InChI=1S/C15H11ClN4OS/c16-11-6-4-10(5-7-11)13-14(22-20-19-13)15(21)18-9-12-3-1-2-8-17-12/h1-8H,9H2,(H,18,21). The lowest BCUT2D eigenvalue weighted by atomic mass is 10.1. The van der Waals surface area contributed by atoms with Crippen LogP contribution >= 0.6 is 23.1 Å². The van der Waals surface area contributed by atoms with Crippen LogP contribution in [-0.2, 0) is 6.54 Å². The van der Waals surface area contributed by atoms with Crippen LogP contribution in [0.5, 0.6) is 0 Å². The van der Waals surface area contributed by atoms with Crippen molar-refractivity contribution < 1.29 is 4.79 Å². The van der Waals surface area contributed by atoms with Crippen molar-refractivity contribution in [3.63, 3.8) is 0 Å². The molecule has 0 radical (unpaired) electrons. The maximum atomic E-state index is 12.3. The van der Waals surface area contributed by atoms with E-state index in [0.29, 0.717) is 22.1 Å². The highest BCUT2D eigenvalue weighted by atomic mass is 35.5. The summed E-state index contributed by atoms with van der Waals surface area (Å²) in [4.78, 5) is 16.9. The highest BCUT2D eigenvalue weighted by molar-refractivity contribution is 7.08. The van der Waals surface area contributed by atoms with Gasteiger partial charge in [-0.25, -0.2) is 0 Å². The second-order valence-corrected chi connectivity index (χ2v) is 5.65. The average Bonchev–Trinajstić information content (AvgIpc) is 3.04. The van der Waals surface area contributed by atoms with Crippen molar-refractivity contribution in [3.05, 3.63) is 64.3 Å². The van der Waals surface area contributed by atoms with Crippen LogP contribution in [0.25, 0.3) is 11.3 Å². The van der Waals surface area contributed by atoms with Crippen LogP contribution in [0.3, 0.4) is 0 Å². The van der Waals surface area contributed by atoms with E-state index in [1.54, 1.807) is 18.3 Å². The normalized spacial score (nSPS) is 10.4. The summed E-state index contributed by atoms with van der Waals surface area (Å²) in [6, 6.07) is 12.7. The zero-order chi connectivity index (χ0) is 15.4. The maximum absolute atomic E-state index is 12.3. The van der Waals surface area contributed by atoms with Gasteiger partial charge >= 0.3 is 0 Å². The molecule has 1 amide bonds. The topological polar surface area (TPSA) is 67.8 Å². The van der Waals surface area contributed by atoms with E-state index < -0.39 is 0 Å². The molecule has 0 atom stereocenters. The summed E-state index contributed by atoms with van der Waals surface area (Å²) in [5.41, 5.74) is 2.16. The van der Waals surface area contributed by atoms with Crippen molar-refractivity contribution in [3.8, 4) is 11.3 Å². The van der Waals surface area contributed by atoms with Crippen molar-refractivity contribution in [1.82, 2.24) is 19.9 Å². The summed E-state index contributed by atoms with van der Waals surface area (Å²) >= 11 is 6.94. The second-order valence-electron chi connectivity index (χ2n) is 4.46. The van der Waals surface area contributed by atoms with Crippen molar-refractivity contribution in [1.29, 1.82) is 0 Å². The molecule has 1 N–H and O–H groups in total. The Morgan fingerprint density at radius 1 is 1.18 bits per heavy atom. The Kier molecular flexibility index (Phi) is 4.41. The molecule has 3 rings (SSSR count). The summed E-state index contributed by atoms with van der Waals surface area (Å²) in [6.07, 6.45) is 1.69. The highest BCUT2D eigenvalue weighted by Gasteiger charge is 2.17. The number of pyridine rings is 1. The first-order valence-corrected chi connectivity index (χ1v) is 7.65. The number of nitrogens with one attached hydrogen (secondary N) is 1. The number of hydrogen-bond donors (Lipinski definition) is 1. The Morgan fingerprint density at radius 3 is 2.73 bits per heavy atom. The van der Waals surface area contributed by atoms with Gasteiger partial charge in [-0.05, 0) is 35.8 Å². The smallest absolute Gasteiger partial charge is 0.265 e. The van der Waals surface area contributed by atoms with Gasteiger partial charge in [0.05, 0.1) is 12.2 Å². The monoisotopic (exact) mass is 330 g/mol. The van der Waals surface area contributed by atoms with Gasteiger partial charge in [-0.1, -0.05) is 34.3 Å². The number of benzene rings is 1. The Morgan fingerprint density at radius 2 is 2.00 bits per heavy atom. The lowest BCUT2D eigenvalue weighted by Gasteiger charge is -2.04. The fourth-order valence-electron chi connectivity index (χ4n) is 1.89. The van der Waals surface area contributed by atoms with Gasteiger partial charge in [-0.3, -0.25) is 9.78 Å². The molecule has 0 aliphatic heterocycles. The zero-order valence-electron chi connectivity index (χ0n) is 11.4. The van der Waals surface area contributed by atoms with E-state index in [9.17, 15) is 4.79 Å². The predicted octanol–water partition coefficient (Wildman–Crippen LogP) is 3.18. The van der Waals surface area contributed by atoms with E-state index in [1.165, 1.54) is 0 Å². The zero-order valence-corrected chi connectivity index (χ0v) is 12.9. The highest BCUT2D eigenvalue weighted by Crippen LogP contribution is 2.25. The third kappa shape index (κ3) is 3.29. The van der Waals surface area contributed by atoms with Crippen molar-refractivity contribution >= 4 is 29.0 Å². The number of aromatic nitrogens is 3. The van der Waals surface area contributed by atoms with Gasteiger partial charge in [0.2, 0.25) is 0 Å². The van der Waals surface area contributed by atoms with Gasteiger partial charge in [-0.15, -0.1) is 5.10 Å². The van der Waals surface area contributed by atoms with Crippen molar-refractivity contribution in [2.45, 2.75) is 6.54 Å².